The van der Waals surface area contributed by atoms with Gasteiger partial charge in [0.2, 0.25) is 5.82 Å². The van der Waals surface area contributed by atoms with Crippen LogP contribution in [0.5, 0.6) is 0 Å². The fraction of sp³-hybridized carbons (Fsp3) is 0.625. The molecule has 2 N–H and O–H groups in total. The molecule has 1 saturated heterocycles. The molecule has 0 saturated carbocycles. The van der Waals surface area contributed by atoms with Gasteiger partial charge in [0.25, 0.3) is 5.91 Å². The van der Waals surface area contributed by atoms with Gasteiger partial charge in [-0.2, -0.15) is 0 Å². The van der Waals surface area contributed by atoms with Crippen LogP contribution in [0.2, 0.25) is 0 Å². The molecule has 6 nitrogen and oxygen atoms in total. The third-order valence-electron chi connectivity index (χ3n) is 2.24. The average molecular weight is 196 g/mol. The first-order chi connectivity index (χ1) is 6.66. The zero-order valence-corrected chi connectivity index (χ0v) is 7.90. The molecule has 0 aliphatic carbocycles. The van der Waals surface area contributed by atoms with Crippen LogP contribution in [0.1, 0.15) is 22.9 Å². The molecular weight excluding hydrogens is 184 g/mol. The van der Waals surface area contributed by atoms with Crippen molar-refractivity contribution in [3.05, 3.63) is 11.6 Å². The van der Waals surface area contributed by atoms with Crippen molar-refractivity contribution < 1.29 is 9.90 Å². The van der Waals surface area contributed by atoms with Crippen LogP contribution in [0.4, 0.5) is 0 Å². The molecule has 0 spiro atoms. The summed E-state index contributed by atoms with van der Waals surface area (Å²) in [5.41, 5.74) is 0. The molecule has 1 amide bonds. The molecule has 1 fully saturated rings. The summed E-state index contributed by atoms with van der Waals surface area (Å²) in [5, 5.41) is 15.6. The van der Waals surface area contributed by atoms with Crippen LogP contribution in [0.25, 0.3) is 0 Å². The second-order valence-electron chi connectivity index (χ2n) is 3.44. The van der Waals surface area contributed by atoms with Crippen LogP contribution in [0.15, 0.2) is 0 Å². The van der Waals surface area contributed by atoms with Gasteiger partial charge < -0.3 is 10.0 Å². The molecule has 6 heteroatoms. The molecule has 2 rings (SSSR count). The lowest BCUT2D eigenvalue weighted by molar-refractivity contribution is 0.0753. The van der Waals surface area contributed by atoms with E-state index in [1.807, 2.05) is 0 Å². The number of aliphatic hydroxyl groups is 1. The number of hydrogen-bond acceptors (Lipinski definition) is 4. The van der Waals surface area contributed by atoms with Gasteiger partial charge in [-0.05, 0) is 13.3 Å². The van der Waals surface area contributed by atoms with E-state index in [1.54, 1.807) is 11.8 Å². The Labute approximate surface area is 80.9 Å². The molecule has 1 aliphatic rings. The molecule has 1 aromatic rings. The van der Waals surface area contributed by atoms with Gasteiger partial charge in [-0.3, -0.25) is 9.89 Å². The Morgan fingerprint density at radius 3 is 3.00 bits per heavy atom. The van der Waals surface area contributed by atoms with Crippen LogP contribution < -0.4 is 0 Å². The topological polar surface area (TPSA) is 82.1 Å². The van der Waals surface area contributed by atoms with Crippen LogP contribution in [-0.4, -0.2) is 50.3 Å². The van der Waals surface area contributed by atoms with Gasteiger partial charge in [-0.25, -0.2) is 4.98 Å². The SMILES string of the molecule is Cc1nc(C(=O)N2CCC(O)C2)n[nH]1. The number of aromatic nitrogens is 3. The van der Waals surface area contributed by atoms with E-state index in [4.69, 9.17) is 0 Å². The minimum Gasteiger partial charge on any atom is -0.391 e. The summed E-state index contributed by atoms with van der Waals surface area (Å²) in [6.45, 7) is 2.70. The maximum atomic E-state index is 11.7. The third kappa shape index (κ3) is 1.60. The van der Waals surface area contributed by atoms with Crippen molar-refractivity contribution >= 4 is 5.91 Å². The molecule has 1 atom stereocenters. The summed E-state index contributed by atoms with van der Waals surface area (Å²) in [6, 6.07) is 0. The highest BCUT2D eigenvalue weighted by Crippen LogP contribution is 2.11. The Bertz CT molecular complexity index is 349. The van der Waals surface area contributed by atoms with Crippen molar-refractivity contribution in [2.75, 3.05) is 13.1 Å². The predicted octanol–water partition coefficient (Wildman–Crippen LogP) is -0.680. The Morgan fingerprint density at radius 1 is 1.71 bits per heavy atom. The number of amides is 1. The Kier molecular flexibility index (Phi) is 2.20. The second kappa shape index (κ2) is 3.38. The molecule has 1 aliphatic heterocycles. The molecular formula is C8H12N4O2. The summed E-state index contributed by atoms with van der Waals surface area (Å²) in [7, 11) is 0. The first-order valence-electron chi connectivity index (χ1n) is 4.53. The maximum Gasteiger partial charge on any atom is 0.293 e. The highest BCUT2D eigenvalue weighted by Gasteiger charge is 2.27. The van der Waals surface area contributed by atoms with Crippen LogP contribution in [-0.2, 0) is 0 Å². The quantitative estimate of drug-likeness (QED) is 0.623. The van der Waals surface area contributed by atoms with Crippen molar-refractivity contribution in [3.8, 4) is 0 Å². The molecule has 0 aromatic carbocycles. The molecule has 1 unspecified atom stereocenters. The minimum absolute atomic E-state index is 0.177. The third-order valence-corrected chi connectivity index (χ3v) is 2.24. The van der Waals surface area contributed by atoms with Crippen molar-refractivity contribution in [3.63, 3.8) is 0 Å². The summed E-state index contributed by atoms with van der Waals surface area (Å²) in [4.78, 5) is 17.2. The van der Waals surface area contributed by atoms with Crippen LogP contribution in [0, 0.1) is 6.92 Å². The number of carbonyl (C=O) groups is 1. The number of carbonyl (C=O) groups excluding carboxylic acids is 1. The van der Waals surface area contributed by atoms with Crippen LogP contribution >= 0.6 is 0 Å². The highest BCUT2D eigenvalue weighted by atomic mass is 16.3. The van der Waals surface area contributed by atoms with Gasteiger partial charge in [0, 0.05) is 13.1 Å². The van der Waals surface area contributed by atoms with Crippen molar-refractivity contribution in [2.45, 2.75) is 19.4 Å². The molecule has 2 heterocycles. The lowest BCUT2D eigenvalue weighted by Gasteiger charge is -2.12. The fourth-order valence-electron chi connectivity index (χ4n) is 1.51. The molecule has 0 bridgehead atoms. The number of β-amino-alcohol motifs (C(OH)–C–C–N with tert-alkyl or cyclic N) is 1. The van der Waals surface area contributed by atoms with E-state index in [0.29, 0.717) is 25.3 Å². The Hall–Kier alpha value is -1.43. The number of aliphatic hydroxyl groups excluding tert-OH is 1. The van der Waals surface area contributed by atoms with Crippen molar-refractivity contribution in [1.29, 1.82) is 0 Å². The minimum atomic E-state index is -0.404. The zero-order valence-electron chi connectivity index (χ0n) is 7.90. The van der Waals surface area contributed by atoms with E-state index in [2.05, 4.69) is 15.2 Å². The first-order valence-corrected chi connectivity index (χ1v) is 4.53. The van der Waals surface area contributed by atoms with E-state index >= 15 is 0 Å². The van der Waals surface area contributed by atoms with Gasteiger partial charge in [-0.1, -0.05) is 0 Å². The Morgan fingerprint density at radius 2 is 2.50 bits per heavy atom. The van der Waals surface area contributed by atoms with Gasteiger partial charge in [0.1, 0.15) is 5.82 Å². The Balaban J connectivity index is 2.09. The summed E-state index contributed by atoms with van der Waals surface area (Å²) in [5.74, 6) is 0.579. The molecule has 14 heavy (non-hydrogen) atoms. The zero-order chi connectivity index (χ0) is 10.1. The van der Waals surface area contributed by atoms with Gasteiger partial charge >= 0.3 is 0 Å². The number of nitrogens with one attached hydrogen (secondary N) is 1. The van der Waals surface area contributed by atoms with Crippen LogP contribution in [0.3, 0.4) is 0 Å². The van der Waals surface area contributed by atoms with Crippen molar-refractivity contribution in [1.82, 2.24) is 20.1 Å². The van der Waals surface area contributed by atoms with Crippen molar-refractivity contribution in [2.24, 2.45) is 0 Å². The molecule has 1 aromatic heterocycles. The van der Waals surface area contributed by atoms with E-state index < -0.39 is 6.10 Å². The molecule has 0 radical (unpaired) electrons. The monoisotopic (exact) mass is 196 g/mol. The lowest BCUT2D eigenvalue weighted by Crippen LogP contribution is -2.30. The second-order valence-corrected chi connectivity index (χ2v) is 3.44. The van der Waals surface area contributed by atoms with Gasteiger partial charge in [0.05, 0.1) is 6.10 Å². The largest absolute Gasteiger partial charge is 0.391 e. The molecule has 76 valence electrons. The smallest absolute Gasteiger partial charge is 0.293 e. The average Bonchev–Trinajstić information content (AvgIpc) is 2.73. The predicted molar refractivity (Wildman–Crippen MR) is 47.6 cm³/mol. The fourth-order valence-corrected chi connectivity index (χ4v) is 1.51. The standard InChI is InChI=1S/C8H12N4O2/c1-5-9-7(11-10-5)8(14)12-3-2-6(13)4-12/h6,13H,2-4H2,1H3,(H,9,10,11). The number of likely N-dealkylation sites (tertiary alicyclic amines) is 1. The first kappa shape index (κ1) is 9.14. The highest BCUT2D eigenvalue weighted by molar-refractivity contribution is 5.90. The number of aryl methyl sites for hydroxylation is 1. The lowest BCUT2D eigenvalue weighted by atomic mass is 10.3. The number of hydrogen-bond donors (Lipinski definition) is 2. The van der Waals surface area contributed by atoms with Gasteiger partial charge in [0.15, 0.2) is 0 Å². The van der Waals surface area contributed by atoms with E-state index in [-0.39, 0.29) is 11.7 Å². The number of aromatic amines is 1. The van der Waals surface area contributed by atoms with E-state index in [1.165, 1.54) is 0 Å². The van der Waals surface area contributed by atoms with E-state index in [0.717, 1.165) is 0 Å². The summed E-state index contributed by atoms with van der Waals surface area (Å²) >= 11 is 0. The number of rotatable bonds is 1. The van der Waals surface area contributed by atoms with Gasteiger partial charge in [-0.15, -0.1) is 5.10 Å². The normalized spacial score (nSPS) is 21.6. The maximum absolute atomic E-state index is 11.7. The summed E-state index contributed by atoms with van der Waals surface area (Å²) < 4.78 is 0. The number of nitrogens with zero attached hydrogens (tertiary/aromatic N) is 3. The van der Waals surface area contributed by atoms with E-state index in [9.17, 15) is 9.90 Å². The summed E-state index contributed by atoms with van der Waals surface area (Å²) in [6.07, 6.45) is 0.230. The number of H-pyrrole nitrogens is 1.